The van der Waals surface area contributed by atoms with Gasteiger partial charge in [-0.15, -0.1) is 0 Å². The Morgan fingerprint density at radius 3 is 2.36 bits per heavy atom. The molecule has 4 aromatic rings. The molecule has 5 nitrogen and oxygen atoms in total. The molecule has 0 unspecified atom stereocenters. The highest BCUT2D eigenvalue weighted by atomic mass is 16.5. The van der Waals surface area contributed by atoms with Crippen LogP contribution in [0.4, 0.5) is 0 Å². The molecule has 0 fully saturated rings. The highest BCUT2D eigenvalue weighted by Crippen LogP contribution is 2.19. The highest BCUT2D eigenvalue weighted by Gasteiger charge is 2.06. The van der Waals surface area contributed by atoms with Crippen LogP contribution in [0, 0.1) is 0 Å². The first-order chi connectivity index (χ1) is 16.1. The zero-order chi connectivity index (χ0) is 23.0. The average molecular weight is 437 g/mol. The molecule has 4 rings (SSSR count). The van der Waals surface area contributed by atoms with E-state index in [1.165, 1.54) is 12.2 Å². The van der Waals surface area contributed by atoms with Crippen molar-refractivity contribution in [1.29, 1.82) is 0 Å². The average Bonchev–Trinajstić information content (AvgIpc) is 3.17. The number of aromatic nitrogens is 2. The van der Waals surface area contributed by atoms with Gasteiger partial charge >= 0.3 is 0 Å². The summed E-state index contributed by atoms with van der Waals surface area (Å²) in [6.45, 7) is 0.392. The fraction of sp³-hybridized carbons (Fsp3) is 0.107. The van der Waals surface area contributed by atoms with Gasteiger partial charge in [0.1, 0.15) is 12.4 Å². The number of allylic oxidation sites excluding steroid dienone is 2. The number of pyridine rings is 1. The lowest BCUT2D eigenvalue weighted by atomic mass is 10.1. The minimum absolute atomic E-state index is 0.164. The van der Waals surface area contributed by atoms with Crippen LogP contribution in [-0.2, 0) is 23.2 Å². The number of nitrogens with zero attached hydrogens (tertiary/aromatic N) is 2. The molecule has 0 aliphatic heterocycles. The zero-order valence-corrected chi connectivity index (χ0v) is 18.3. The molecular weight excluding hydrogens is 412 g/mol. The fourth-order valence-electron chi connectivity index (χ4n) is 3.44. The summed E-state index contributed by atoms with van der Waals surface area (Å²) in [5.41, 5.74) is 3.72. The molecule has 0 amide bonds. The van der Waals surface area contributed by atoms with Crippen LogP contribution < -0.4 is 4.74 Å². The van der Waals surface area contributed by atoms with Crippen LogP contribution in [0.2, 0.25) is 0 Å². The van der Waals surface area contributed by atoms with Crippen molar-refractivity contribution in [2.24, 2.45) is 7.05 Å². The number of carbonyl (C=O) groups is 2. The third-order valence-corrected chi connectivity index (χ3v) is 5.23. The van der Waals surface area contributed by atoms with Crippen LogP contribution in [0.15, 0.2) is 91.1 Å². The van der Waals surface area contributed by atoms with E-state index >= 15 is 0 Å². The van der Waals surface area contributed by atoms with Gasteiger partial charge in [-0.2, -0.15) is 0 Å². The molecule has 5 heteroatoms. The topological polar surface area (TPSA) is 61.2 Å². The van der Waals surface area contributed by atoms with E-state index in [4.69, 9.17) is 4.74 Å². The number of fused-ring (bicyclic) bond motifs is 1. The van der Waals surface area contributed by atoms with Crippen LogP contribution >= 0.6 is 0 Å². The second-order valence-corrected chi connectivity index (χ2v) is 7.64. The smallest absolute Gasteiger partial charge is 0.163 e. The summed E-state index contributed by atoms with van der Waals surface area (Å²) in [6, 6.07) is 23.1. The maximum Gasteiger partial charge on any atom is 0.163 e. The standard InChI is InChI=1S/C28H24N2O3/c1-30-24(18-22-6-2-3-8-28(22)30)12-14-26(32)19-25(31)13-9-21-10-15-27(16-11-21)33-20-23-7-4-5-17-29-23/h2-18H,19-20H2,1H3. The maximum atomic E-state index is 12.2. The number of para-hydroxylation sites is 1. The number of rotatable bonds is 9. The fourth-order valence-corrected chi connectivity index (χ4v) is 3.44. The van der Waals surface area contributed by atoms with E-state index < -0.39 is 0 Å². The Balaban J connectivity index is 1.28. The van der Waals surface area contributed by atoms with Crippen molar-refractivity contribution >= 4 is 34.6 Å². The number of carbonyl (C=O) groups excluding carboxylic acids is 2. The van der Waals surface area contributed by atoms with Crippen molar-refractivity contribution in [2.45, 2.75) is 13.0 Å². The molecule has 0 spiro atoms. The van der Waals surface area contributed by atoms with Gasteiger partial charge in [0.05, 0.1) is 12.1 Å². The Morgan fingerprint density at radius 1 is 0.909 bits per heavy atom. The maximum absolute atomic E-state index is 12.2. The molecular formula is C28H24N2O3. The van der Waals surface area contributed by atoms with Crippen molar-refractivity contribution in [1.82, 2.24) is 9.55 Å². The Kier molecular flexibility index (Phi) is 6.90. The van der Waals surface area contributed by atoms with Gasteiger partial charge in [0.25, 0.3) is 0 Å². The molecule has 0 aliphatic carbocycles. The van der Waals surface area contributed by atoms with E-state index in [1.807, 2.05) is 84.4 Å². The summed E-state index contributed by atoms with van der Waals surface area (Å²) in [5, 5.41) is 1.11. The molecule has 2 heterocycles. The van der Waals surface area contributed by atoms with Gasteiger partial charge in [-0.3, -0.25) is 14.6 Å². The predicted octanol–water partition coefficient (Wildman–Crippen LogP) is 5.41. The first kappa shape index (κ1) is 22.0. The number of aryl methyl sites for hydroxylation is 1. The molecule has 0 saturated carbocycles. The first-order valence-corrected chi connectivity index (χ1v) is 10.7. The second-order valence-electron chi connectivity index (χ2n) is 7.64. The van der Waals surface area contributed by atoms with E-state index in [9.17, 15) is 9.59 Å². The number of hydrogen-bond acceptors (Lipinski definition) is 4. The van der Waals surface area contributed by atoms with E-state index in [2.05, 4.69) is 4.98 Å². The molecule has 0 radical (unpaired) electrons. The summed E-state index contributed by atoms with van der Waals surface area (Å²) in [7, 11) is 1.95. The van der Waals surface area contributed by atoms with E-state index in [1.54, 1.807) is 18.3 Å². The molecule has 0 bridgehead atoms. The number of ketones is 2. The van der Waals surface area contributed by atoms with Crippen LogP contribution in [0.3, 0.4) is 0 Å². The SMILES string of the molecule is Cn1c(C=CC(=O)CC(=O)C=Cc2ccc(OCc3ccccn3)cc2)cc2ccccc21. The number of benzene rings is 2. The first-order valence-electron chi connectivity index (χ1n) is 10.7. The van der Waals surface area contributed by atoms with Crippen molar-refractivity contribution < 1.29 is 14.3 Å². The number of hydrogen-bond donors (Lipinski definition) is 0. The van der Waals surface area contributed by atoms with Gasteiger partial charge in [-0.25, -0.2) is 0 Å². The van der Waals surface area contributed by atoms with Gasteiger partial charge in [-0.1, -0.05) is 42.5 Å². The molecule has 0 N–H and O–H groups in total. The summed E-state index contributed by atoms with van der Waals surface area (Å²) < 4.78 is 7.73. The Labute approximate surface area is 192 Å². The number of ether oxygens (including phenoxy) is 1. The van der Waals surface area contributed by atoms with Gasteiger partial charge in [0, 0.05) is 29.8 Å². The third kappa shape index (κ3) is 5.92. The van der Waals surface area contributed by atoms with Crippen LogP contribution in [0.5, 0.6) is 5.75 Å². The predicted molar refractivity (Wildman–Crippen MR) is 131 cm³/mol. The van der Waals surface area contributed by atoms with Gasteiger partial charge in [0.2, 0.25) is 0 Å². The Bertz CT molecular complexity index is 1320. The summed E-state index contributed by atoms with van der Waals surface area (Å²) in [6.07, 6.45) is 7.92. The van der Waals surface area contributed by atoms with Crippen molar-refractivity contribution in [3.05, 3.63) is 108 Å². The second kappa shape index (κ2) is 10.4. The minimum atomic E-state index is -0.239. The van der Waals surface area contributed by atoms with Crippen molar-refractivity contribution in [2.75, 3.05) is 0 Å². The third-order valence-electron chi connectivity index (χ3n) is 5.23. The van der Waals surface area contributed by atoms with Crippen LogP contribution in [0.25, 0.3) is 23.1 Å². The Hall–Kier alpha value is -4.25. The quantitative estimate of drug-likeness (QED) is 0.260. The largest absolute Gasteiger partial charge is 0.487 e. The molecule has 2 aromatic carbocycles. The lowest BCUT2D eigenvalue weighted by Gasteiger charge is -2.05. The normalized spacial score (nSPS) is 11.4. The zero-order valence-electron chi connectivity index (χ0n) is 18.3. The van der Waals surface area contributed by atoms with E-state index in [0.29, 0.717) is 6.61 Å². The molecule has 0 saturated heterocycles. The Morgan fingerprint density at radius 2 is 1.64 bits per heavy atom. The molecule has 164 valence electrons. The monoisotopic (exact) mass is 436 g/mol. The van der Waals surface area contributed by atoms with Crippen molar-refractivity contribution in [3.63, 3.8) is 0 Å². The molecule has 33 heavy (non-hydrogen) atoms. The van der Waals surface area contributed by atoms with E-state index in [0.717, 1.165) is 33.6 Å². The van der Waals surface area contributed by atoms with Crippen LogP contribution in [-0.4, -0.2) is 21.1 Å². The van der Waals surface area contributed by atoms with Gasteiger partial charge in [0.15, 0.2) is 11.6 Å². The van der Waals surface area contributed by atoms with Gasteiger partial charge in [-0.05, 0) is 60.2 Å². The highest BCUT2D eigenvalue weighted by molar-refractivity contribution is 6.11. The van der Waals surface area contributed by atoms with Crippen LogP contribution in [0.1, 0.15) is 23.4 Å². The molecule has 0 aliphatic rings. The minimum Gasteiger partial charge on any atom is -0.487 e. The summed E-state index contributed by atoms with van der Waals surface area (Å²) in [5.74, 6) is 0.253. The van der Waals surface area contributed by atoms with Crippen molar-refractivity contribution in [3.8, 4) is 5.75 Å². The van der Waals surface area contributed by atoms with E-state index in [-0.39, 0.29) is 18.0 Å². The summed E-state index contributed by atoms with van der Waals surface area (Å²) >= 11 is 0. The summed E-state index contributed by atoms with van der Waals surface area (Å²) in [4.78, 5) is 28.6. The molecule has 0 atom stereocenters. The van der Waals surface area contributed by atoms with Gasteiger partial charge < -0.3 is 9.30 Å². The molecule has 2 aromatic heterocycles. The lowest BCUT2D eigenvalue weighted by Crippen LogP contribution is -2.02. The lowest BCUT2D eigenvalue weighted by molar-refractivity contribution is -0.121.